The van der Waals surface area contributed by atoms with Crippen LogP contribution in [0, 0.1) is 5.13 Å². The van der Waals surface area contributed by atoms with E-state index in [4.69, 9.17) is 14.3 Å². The van der Waals surface area contributed by atoms with Crippen molar-refractivity contribution < 1.29 is 31.9 Å². The summed E-state index contributed by atoms with van der Waals surface area (Å²) in [6.07, 6.45) is 1.33. The predicted molar refractivity (Wildman–Crippen MR) is 131 cm³/mol. The van der Waals surface area contributed by atoms with Gasteiger partial charge in [-0.15, -0.1) is 0 Å². The van der Waals surface area contributed by atoms with E-state index in [9.17, 15) is 17.6 Å². The fourth-order valence-corrected chi connectivity index (χ4v) is 5.73. The Kier molecular flexibility index (Phi) is 8.98. The van der Waals surface area contributed by atoms with Gasteiger partial charge in [0.2, 0.25) is 10.0 Å². The SMILES string of the molecule is COCCN1CCN(S(=O)(=O)c2ccc(C(=NO[C@@H]3CCOC3)C(=O)Nc3ncc(F)s3)cc2)CC1. The number of carbonyl (C=O) groups is 1. The number of amides is 1. The number of rotatable bonds is 10. The van der Waals surface area contributed by atoms with E-state index in [0.29, 0.717) is 69.3 Å². The molecule has 0 aliphatic carbocycles. The molecule has 14 heteroatoms. The number of ether oxygens (including phenoxy) is 2. The van der Waals surface area contributed by atoms with E-state index < -0.39 is 21.1 Å². The summed E-state index contributed by atoms with van der Waals surface area (Å²) in [4.78, 5) is 24.5. The number of oxime groups is 1. The van der Waals surface area contributed by atoms with Gasteiger partial charge in [-0.3, -0.25) is 15.0 Å². The molecular weight excluding hydrogens is 513 g/mol. The molecule has 1 N–H and O–H groups in total. The van der Waals surface area contributed by atoms with Crippen LogP contribution in [-0.2, 0) is 29.1 Å². The molecule has 0 spiro atoms. The molecule has 0 unspecified atom stereocenters. The van der Waals surface area contributed by atoms with Crippen LogP contribution in [0.15, 0.2) is 40.5 Å². The Labute approximate surface area is 212 Å². The molecule has 2 aliphatic rings. The van der Waals surface area contributed by atoms with E-state index in [0.717, 1.165) is 12.7 Å². The maximum absolute atomic E-state index is 13.3. The van der Waals surface area contributed by atoms with E-state index in [2.05, 4.69) is 20.4 Å². The van der Waals surface area contributed by atoms with Crippen molar-refractivity contribution in [3.05, 3.63) is 41.2 Å². The number of anilines is 1. The standard InChI is InChI=1S/C22H28FN5O6S2/c1-32-13-11-27-7-9-28(10-8-27)36(30,31)18-4-2-16(3-5-18)20(26-34-17-6-12-33-15-17)21(29)25-22-24-14-19(23)35-22/h2-5,14,17H,6-13,15H2,1H3,(H,24,25,29)/t17-/m1/s1. The number of thiazole rings is 1. The highest BCUT2D eigenvalue weighted by Crippen LogP contribution is 2.21. The first-order chi connectivity index (χ1) is 17.4. The minimum Gasteiger partial charge on any atom is -0.389 e. The molecule has 0 radical (unpaired) electrons. The van der Waals surface area contributed by atoms with E-state index in [-0.39, 0.29) is 21.8 Å². The first-order valence-corrected chi connectivity index (χ1v) is 13.7. The zero-order valence-electron chi connectivity index (χ0n) is 19.8. The van der Waals surface area contributed by atoms with Crippen LogP contribution < -0.4 is 5.32 Å². The molecule has 4 rings (SSSR count). The Hall–Kier alpha value is -2.49. The maximum atomic E-state index is 13.3. The van der Waals surface area contributed by atoms with Gasteiger partial charge in [0.05, 0.1) is 30.9 Å². The summed E-state index contributed by atoms with van der Waals surface area (Å²) < 4.78 is 51.4. The third-order valence-corrected chi connectivity index (χ3v) is 8.42. The number of methoxy groups -OCH3 is 1. The van der Waals surface area contributed by atoms with Crippen molar-refractivity contribution in [2.24, 2.45) is 5.16 Å². The average molecular weight is 542 g/mol. The van der Waals surface area contributed by atoms with Crippen LogP contribution in [-0.4, -0.2) is 100.0 Å². The molecule has 196 valence electrons. The smallest absolute Gasteiger partial charge is 0.280 e. The highest BCUT2D eigenvalue weighted by Gasteiger charge is 2.29. The molecule has 11 nitrogen and oxygen atoms in total. The van der Waals surface area contributed by atoms with Crippen molar-refractivity contribution in [2.75, 3.05) is 65.0 Å². The Balaban J connectivity index is 1.49. The van der Waals surface area contributed by atoms with Gasteiger partial charge in [-0.25, -0.2) is 13.4 Å². The van der Waals surface area contributed by atoms with Crippen molar-refractivity contribution in [3.63, 3.8) is 0 Å². The molecule has 1 atom stereocenters. The van der Waals surface area contributed by atoms with Gasteiger partial charge >= 0.3 is 0 Å². The fourth-order valence-electron chi connectivity index (χ4n) is 3.76. The van der Waals surface area contributed by atoms with E-state index in [1.165, 1.54) is 28.6 Å². The Bertz CT molecular complexity index is 1160. The summed E-state index contributed by atoms with van der Waals surface area (Å²) >= 11 is 0.677. The number of sulfonamides is 1. The number of nitrogens with one attached hydrogen (secondary N) is 1. The Morgan fingerprint density at radius 3 is 2.64 bits per heavy atom. The lowest BCUT2D eigenvalue weighted by atomic mass is 10.1. The zero-order valence-corrected chi connectivity index (χ0v) is 21.4. The first kappa shape index (κ1) is 26.6. The second-order valence-electron chi connectivity index (χ2n) is 8.22. The molecule has 2 fully saturated rings. The zero-order chi connectivity index (χ0) is 25.5. The summed E-state index contributed by atoms with van der Waals surface area (Å²) in [5, 5.41) is 6.05. The number of piperazine rings is 1. The third-order valence-electron chi connectivity index (χ3n) is 5.80. The van der Waals surface area contributed by atoms with Crippen LogP contribution in [0.5, 0.6) is 0 Å². The summed E-state index contributed by atoms with van der Waals surface area (Å²) in [5.41, 5.74) is 0.250. The highest BCUT2D eigenvalue weighted by molar-refractivity contribution is 7.89. The number of benzene rings is 1. The number of nitrogens with zero attached hydrogens (tertiary/aromatic N) is 4. The van der Waals surface area contributed by atoms with Crippen molar-refractivity contribution in [1.29, 1.82) is 0 Å². The largest absolute Gasteiger partial charge is 0.389 e. The Morgan fingerprint density at radius 1 is 1.28 bits per heavy atom. The normalized spacial score (nSPS) is 19.9. The number of hydrogen-bond acceptors (Lipinski definition) is 10. The van der Waals surface area contributed by atoms with Gasteiger partial charge in [-0.05, 0) is 12.1 Å². The summed E-state index contributed by atoms with van der Waals surface area (Å²) in [5.74, 6) is -0.661. The van der Waals surface area contributed by atoms with Gasteiger partial charge in [0.1, 0.15) is 0 Å². The van der Waals surface area contributed by atoms with Crippen LogP contribution in [0.1, 0.15) is 12.0 Å². The molecule has 1 amide bonds. The van der Waals surface area contributed by atoms with E-state index in [1.54, 1.807) is 7.11 Å². The molecule has 1 aromatic heterocycles. The second kappa shape index (κ2) is 12.2. The predicted octanol–water partition coefficient (Wildman–Crippen LogP) is 1.38. The molecule has 0 saturated carbocycles. The van der Waals surface area contributed by atoms with Gasteiger partial charge in [0.25, 0.3) is 5.91 Å². The van der Waals surface area contributed by atoms with Gasteiger partial charge in [-0.2, -0.15) is 8.70 Å². The number of carbonyl (C=O) groups excluding carboxylic acids is 1. The molecule has 3 heterocycles. The maximum Gasteiger partial charge on any atom is 0.280 e. The number of halogens is 1. The summed E-state index contributed by atoms with van der Waals surface area (Å²) in [7, 11) is -2.07. The molecule has 36 heavy (non-hydrogen) atoms. The quantitative estimate of drug-likeness (QED) is 0.354. The van der Waals surface area contributed by atoms with Gasteiger partial charge in [0.15, 0.2) is 22.1 Å². The van der Waals surface area contributed by atoms with Crippen LogP contribution in [0.4, 0.5) is 9.52 Å². The van der Waals surface area contributed by atoms with Crippen LogP contribution in [0.25, 0.3) is 0 Å². The number of aromatic nitrogens is 1. The topological polar surface area (TPSA) is 123 Å². The van der Waals surface area contributed by atoms with Crippen LogP contribution in [0.2, 0.25) is 0 Å². The van der Waals surface area contributed by atoms with E-state index >= 15 is 0 Å². The van der Waals surface area contributed by atoms with Gasteiger partial charge in [0, 0.05) is 51.8 Å². The van der Waals surface area contributed by atoms with Gasteiger partial charge < -0.3 is 14.3 Å². The van der Waals surface area contributed by atoms with E-state index in [1.807, 2.05) is 0 Å². The lowest BCUT2D eigenvalue weighted by molar-refractivity contribution is -0.110. The summed E-state index contributed by atoms with van der Waals surface area (Å²) in [6, 6.07) is 5.87. The van der Waals surface area contributed by atoms with Crippen molar-refractivity contribution in [2.45, 2.75) is 17.4 Å². The number of hydrogen-bond donors (Lipinski definition) is 1. The molecule has 2 aliphatic heterocycles. The summed E-state index contributed by atoms with van der Waals surface area (Å²) in [6.45, 7) is 4.25. The van der Waals surface area contributed by atoms with Crippen LogP contribution >= 0.6 is 11.3 Å². The molecule has 2 aromatic rings. The highest BCUT2D eigenvalue weighted by atomic mass is 32.2. The first-order valence-electron chi connectivity index (χ1n) is 11.4. The minimum atomic E-state index is -3.70. The van der Waals surface area contributed by atoms with Crippen LogP contribution in [0.3, 0.4) is 0 Å². The molecule has 0 bridgehead atoms. The molecule has 1 aromatic carbocycles. The third kappa shape index (κ3) is 6.63. The van der Waals surface area contributed by atoms with Crippen molar-refractivity contribution >= 4 is 38.1 Å². The molecule has 2 saturated heterocycles. The van der Waals surface area contributed by atoms with Crippen molar-refractivity contribution in [3.8, 4) is 0 Å². The lowest BCUT2D eigenvalue weighted by Gasteiger charge is -2.33. The fraction of sp³-hybridized carbons (Fsp3) is 0.500. The molecular formula is C22H28FN5O6S2. The lowest BCUT2D eigenvalue weighted by Crippen LogP contribution is -2.49. The monoisotopic (exact) mass is 541 g/mol. The average Bonchev–Trinajstić information content (AvgIpc) is 3.55. The van der Waals surface area contributed by atoms with Crippen molar-refractivity contribution in [1.82, 2.24) is 14.2 Å². The Morgan fingerprint density at radius 2 is 2.03 bits per heavy atom. The minimum absolute atomic E-state index is 0.0678. The van der Waals surface area contributed by atoms with Gasteiger partial charge in [-0.1, -0.05) is 28.6 Å². The second-order valence-corrected chi connectivity index (χ2v) is 11.1.